The zero-order valence-corrected chi connectivity index (χ0v) is 14.8. The minimum Gasteiger partial charge on any atom is -0.493 e. The number of carbonyl (C=O) groups excluding carboxylic acids is 1. The minimum absolute atomic E-state index is 0.607. The zero-order chi connectivity index (χ0) is 18.8. The number of benzene rings is 1. The van der Waals surface area contributed by atoms with E-state index in [1.54, 1.807) is 32.9 Å². The molecule has 0 unspecified atom stereocenters. The van der Waals surface area contributed by atoms with Crippen molar-refractivity contribution in [2.75, 3.05) is 19.5 Å². The lowest BCUT2D eigenvalue weighted by atomic mass is 10.1. The van der Waals surface area contributed by atoms with Gasteiger partial charge in [-0.1, -0.05) is 0 Å². The van der Waals surface area contributed by atoms with E-state index in [1.165, 1.54) is 0 Å². The first-order chi connectivity index (χ1) is 13.2. The van der Waals surface area contributed by atoms with Gasteiger partial charge in [0.15, 0.2) is 17.1 Å². The topological polar surface area (TPSA) is 78.0 Å². The van der Waals surface area contributed by atoms with Crippen molar-refractivity contribution < 1.29 is 18.7 Å². The number of carbonyl (C=O) groups is 1. The first-order valence-electron chi connectivity index (χ1n) is 8.21. The number of hydrogen-bond donors (Lipinski definition) is 1. The van der Waals surface area contributed by atoms with E-state index in [0.717, 1.165) is 22.4 Å². The normalized spacial score (nSPS) is 10.7. The molecule has 0 fully saturated rings. The summed E-state index contributed by atoms with van der Waals surface area (Å²) in [5.74, 6) is 1.28. The number of fused-ring (bicyclic) bond motifs is 1. The molecule has 136 valence electrons. The third-order valence-corrected chi connectivity index (χ3v) is 4.35. The summed E-state index contributed by atoms with van der Waals surface area (Å²) >= 11 is 0. The number of rotatable bonds is 6. The molecule has 4 rings (SSSR count). The number of pyridine rings is 1. The number of anilines is 1. The molecule has 3 aromatic heterocycles. The number of imidazole rings is 1. The van der Waals surface area contributed by atoms with Crippen molar-refractivity contribution >= 4 is 17.7 Å². The smallest absolute Gasteiger partial charge is 0.211 e. The Morgan fingerprint density at radius 2 is 1.93 bits per heavy atom. The maximum atomic E-state index is 11.0. The number of hydrogen-bond acceptors (Lipinski definition) is 5. The van der Waals surface area contributed by atoms with Gasteiger partial charge >= 0.3 is 0 Å². The minimum atomic E-state index is 0.607. The van der Waals surface area contributed by atoms with Crippen molar-refractivity contribution in [1.82, 2.24) is 9.38 Å². The van der Waals surface area contributed by atoms with Gasteiger partial charge in [-0.15, -0.1) is 0 Å². The van der Waals surface area contributed by atoms with Gasteiger partial charge in [-0.2, -0.15) is 0 Å². The lowest BCUT2D eigenvalue weighted by Gasteiger charge is -2.11. The lowest BCUT2D eigenvalue weighted by Crippen LogP contribution is -1.99. The molecule has 0 radical (unpaired) electrons. The highest BCUT2D eigenvalue weighted by Crippen LogP contribution is 2.34. The molecule has 1 amide bonds. The largest absolute Gasteiger partial charge is 0.493 e. The summed E-state index contributed by atoms with van der Waals surface area (Å²) in [5.41, 5.74) is 4.79. The second-order valence-corrected chi connectivity index (χ2v) is 5.82. The fraction of sp³-hybridized carbons (Fsp3) is 0.100. The first kappa shape index (κ1) is 16.7. The van der Waals surface area contributed by atoms with Crippen LogP contribution in [0.15, 0.2) is 59.7 Å². The lowest BCUT2D eigenvalue weighted by molar-refractivity contribution is -0.105. The molecule has 7 nitrogen and oxygen atoms in total. The van der Waals surface area contributed by atoms with Crippen LogP contribution in [0.1, 0.15) is 0 Å². The molecule has 0 bridgehead atoms. The van der Waals surface area contributed by atoms with E-state index in [0.29, 0.717) is 29.2 Å². The molecule has 0 spiro atoms. The number of nitrogens with zero attached hydrogens (tertiary/aromatic N) is 2. The highest BCUT2D eigenvalue weighted by Gasteiger charge is 2.14. The van der Waals surface area contributed by atoms with Crippen LogP contribution in [0.5, 0.6) is 11.5 Å². The molecule has 0 aliphatic carbocycles. The second kappa shape index (κ2) is 6.87. The van der Waals surface area contributed by atoms with Gasteiger partial charge in [0.05, 0.1) is 44.3 Å². The van der Waals surface area contributed by atoms with Crippen molar-refractivity contribution in [2.45, 2.75) is 0 Å². The molecule has 0 saturated carbocycles. The maximum Gasteiger partial charge on any atom is 0.211 e. The van der Waals surface area contributed by atoms with Gasteiger partial charge < -0.3 is 19.2 Å². The van der Waals surface area contributed by atoms with Crippen LogP contribution in [0.4, 0.5) is 5.69 Å². The van der Waals surface area contributed by atoms with Crippen LogP contribution in [0.25, 0.3) is 28.0 Å². The number of methoxy groups -OCH3 is 2. The molecular weight excluding hydrogens is 346 g/mol. The Bertz CT molecular complexity index is 1100. The van der Waals surface area contributed by atoms with Gasteiger partial charge in [0.2, 0.25) is 6.41 Å². The van der Waals surface area contributed by atoms with Crippen molar-refractivity contribution in [1.29, 1.82) is 0 Å². The molecule has 0 aliphatic rings. The third-order valence-electron chi connectivity index (χ3n) is 4.35. The Labute approximate surface area is 155 Å². The molecular formula is C20H17N3O4. The van der Waals surface area contributed by atoms with Gasteiger partial charge in [-0.25, -0.2) is 4.98 Å². The van der Waals surface area contributed by atoms with E-state index in [9.17, 15) is 4.79 Å². The number of amides is 1. The zero-order valence-electron chi connectivity index (χ0n) is 14.8. The van der Waals surface area contributed by atoms with Crippen molar-refractivity contribution in [2.24, 2.45) is 0 Å². The Kier molecular flexibility index (Phi) is 4.25. The van der Waals surface area contributed by atoms with Gasteiger partial charge in [-0.05, 0) is 30.3 Å². The fourth-order valence-corrected chi connectivity index (χ4v) is 3.05. The van der Waals surface area contributed by atoms with Crippen molar-refractivity contribution in [3.05, 3.63) is 55.3 Å². The van der Waals surface area contributed by atoms with E-state index in [4.69, 9.17) is 13.9 Å². The monoisotopic (exact) mass is 363 g/mol. The molecule has 27 heavy (non-hydrogen) atoms. The van der Waals surface area contributed by atoms with Crippen molar-refractivity contribution in [3.63, 3.8) is 0 Å². The molecule has 1 N–H and O–H groups in total. The number of furan rings is 1. The third kappa shape index (κ3) is 2.89. The summed E-state index contributed by atoms with van der Waals surface area (Å²) in [6.45, 7) is 0. The predicted octanol–water partition coefficient (Wildman–Crippen LogP) is 3.85. The van der Waals surface area contributed by atoms with Crippen LogP contribution in [0.2, 0.25) is 0 Å². The highest BCUT2D eigenvalue weighted by atomic mass is 16.5. The van der Waals surface area contributed by atoms with Crippen molar-refractivity contribution in [3.8, 4) is 33.9 Å². The van der Waals surface area contributed by atoms with Gasteiger partial charge in [0.25, 0.3) is 0 Å². The quantitative estimate of drug-likeness (QED) is 0.527. The summed E-state index contributed by atoms with van der Waals surface area (Å²) in [6, 6.07) is 9.39. The molecule has 0 saturated heterocycles. The number of nitrogens with one attached hydrogen (secondary N) is 1. The Balaban J connectivity index is 1.93. The highest BCUT2D eigenvalue weighted by molar-refractivity contribution is 5.86. The molecule has 0 atom stereocenters. The van der Waals surface area contributed by atoms with E-state index in [1.807, 2.05) is 40.9 Å². The predicted molar refractivity (Wildman–Crippen MR) is 101 cm³/mol. The van der Waals surface area contributed by atoms with Crippen LogP contribution in [0, 0.1) is 0 Å². The summed E-state index contributed by atoms with van der Waals surface area (Å²) in [4.78, 5) is 15.5. The van der Waals surface area contributed by atoms with Crippen LogP contribution in [0.3, 0.4) is 0 Å². The van der Waals surface area contributed by atoms with Crippen LogP contribution < -0.4 is 14.8 Å². The molecule has 3 heterocycles. The second-order valence-electron chi connectivity index (χ2n) is 5.82. The summed E-state index contributed by atoms with van der Waals surface area (Å²) in [6.07, 6.45) is 7.61. The van der Waals surface area contributed by atoms with E-state index >= 15 is 0 Å². The summed E-state index contributed by atoms with van der Waals surface area (Å²) in [7, 11) is 3.19. The van der Waals surface area contributed by atoms with Gasteiger partial charge in [0.1, 0.15) is 0 Å². The number of ether oxygens (including phenoxy) is 2. The van der Waals surface area contributed by atoms with Crippen LogP contribution in [-0.4, -0.2) is 30.0 Å². The summed E-state index contributed by atoms with van der Waals surface area (Å²) in [5, 5.41) is 2.72. The van der Waals surface area contributed by atoms with E-state index in [2.05, 4.69) is 10.3 Å². The van der Waals surface area contributed by atoms with Crippen LogP contribution in [-0.2, 0) is 4.79 Å². The Hall–Kier alpha value is -3.74. The summed E-state index contributed by atoms with van der Waals surface area (Å²) < 4.78 is 17.8. The first-order valence-corrected chi connectivity index (χ1v) is 8.21. The molecule has 4 aromatic rings. The Morgan fingerprint density at radius 3 is 2.63 bits per heavy atom. The molecule has 7 heteroatoms. The van der Waals surface area contributed by atoms with Gasteiger partial charge in [-0.3, -0.25) is 9.20 Å². The standard InChI is InChI=1S/C20H17N3O4/c1-25-18-4-3-13(8-19(18)26-2)17-9-21-20-16(22-12-24)7-15(10-23(17)20)14-5-6-27-11-14/h3-12H,1-2H3,(H,22,24). The average molecular weight is 363 g/mol. The molecule has 1 aromatic carbocycles. The fourth-order valence-electron chi connectivity index (χ4n) is 3.05. The number of aromatic nitrogens is 2. The SMILES string of the molecule is COc1ccc(-c2cnc3c(NC=O)cc(-c4ccoc4)cn23)cc1OC. The Morgan fingerprint density at radius 1 is 1.07 bits per heavy atom. The van der Waals surface area contributed by atoms with Crippen LogP contribution >= 0.6 is 0 Å². The van der Waals surface area contributed by atoms with E-state index < -0.39 is 0 Å². The maximum absolute atomic E-state index is 11.0. The van der Waals surface area contributed by atoms with E-state index in [-0.39, 0.29) is 0 Å². The van der Waals surface area contributed by atoms with Gasteiger partial charge in [0, 0.05) is 22.9 Å². The average Bonchev–Trinajstić information content (AvgIpc) is 3.37. The molecule has 0 aliphatic heterocycles.